The number of hydrogen-bond acceptors (Lipinski definition) is 4. The minimum Gasteiger partial charge on any atom is -0.481 e. The Hall–Kier alpha value is -1.15. The highest BCUT2D eigenvalue weighted by Gasteiger charge is 2.33. The van der Waals surface area contributed by atoms with Crippen LogP contribution in [0.15, 0.2) is 0 Å². The zero-order chi connectivity index (χ0) is 14.6. The predicted octanol–water partition coefficient (Wildman–Crippen LogP) is -0.459. The van der Waals surface area contributed by atoms with Gasteiger partial charge in [-0.3, -0.25) is 9.59 Å². The minimum absolute atomic E-state index is 0.0355. The number of carboxylic acid groups (broad SMARTS) is 1. The van der Waals surface area contributed by atoms with Crippen molar-refractivity contribution >= 4 is 21.9 Å². The van der Waals surface area contributed by atoms with Gasteiger partial charge in [0.05, 0.1) is 12.7 Å². The van der Waals surface area contributed by atoms with Gasteiger partial charge in [0, 0.05) is 6.54 Å². The molecule has 0 aliphatic rings. The van der Waals surface area contributed by atoms with Crippen molar-refractivity contribution in [3.63, 3.8) is 0 Å². The summed E-state index contributed by atoms with van der Waals surface area (Å²) in [4.78, 5) is 22.1. The summed E-state index contributed by atoms with van der Waals surface area (Å²) in [7, 11) is -3.52. The van der Waals surface area contributed by atoms with Crippen LogP contribution < -0.4 is 10.0 Å². The first-order valence-electron chi connectivity index (χ1n) is 5.40. The van der Waals surface area contributed by atoms with Crippen molar-refractivity contribution in [1.29, 1.82) is 0 Å². The van der Waals surface area contributed by atoms with Crippen LogP contribution in [-0.2, 0) is 19.6 Å². The van der Waals surface area contributed by atoms with Crippen LogP contribution in [0.5, 0.6) is 0 Å². The first-order valence-corrected chi connectivity index (χ1v) is 7.29. The topological polar surface area (TPSA) is 113 Å². The van der Waals surface area contributed by atoms with E-state index in [9.17, 15) is 18.0 Å². The molecule has 3 N–H and O–H groups in total. The fourth-order valence-electron chi connectivity index (χ4n) is 1.23. The van der Waals surface area contributed by atoms with E-state index >= 15 is 0 Å². The van der Waals surface area contributed by atoms with Gasteiger partial charge in [0.1, 0.15) is 6.04 Å². The largest absolute Gasteiger partial charge is 0.481 e. The summed E-state index contributed by atoms with van der Waals surface area (Å²) < 4.78 is 24.6. The number of carbonyl (C=O) groups is 2. The summed E-state index contributed by atoms with van der Waals surface area (Å²) in [5.41, 5.74) is -0.615. The molecule has 0 aromatic heterocycles. The molecule has 0 aromatic rings. The van der Waals surface area contributed by atoms with Crippen LogP contribution in [0, 0.1) is 5.41 Å². The normalized spacial score (nSPS) is 14.0. The van der Waals surface area contributed by atoms with E-state index in [2.05, 4.69) is 10.0 Å². The number of nitrogens with one attached hydrogen (secondary N) is 2. The molecule has 1 atom stereocenters. The fraction of sp³-hybridized carbons (Fsp3) is 0.800. The van der Waals surface area contributed by atoms with E-state index in [-0.39, 0.29) is 13.0 Å². The maximum absolute atomic E-state index is 11.8. The van der Waals surface area contributed by atoms with Gasteiger partial charge < -0.3 is 10.4 Å². The van der Waals surface area contributed by atoms with E-state index in [1.165, 1.54) is 0 Å². The maximum Gasteiger partial charge on any atom is 0.305 e. The second-order valence-electron chi connectivity index (χ2n) is 5.12. The Kier molecular flexibility index (Phi) is 5.75. The molecule has 0 aliphatic heterocycles. The standard InChI is InChI=1S/C10H20N2O5S/c1-10(2,3)8(12-18(4,16)17)9(15)11-6-5-7(13)14/h8,12H,5-6H2,1-4H3,(H,11,15)(H,13,14). The molecule has 0 saturated carbocycles. The molecule has 1 amide bonds. The Morgan fingerprint density at radius 2 is 1.78 bits per heavy atom. The first kappa shape index (κ1) is 16.9. The maximum atomic E-state index is 11.8. The van der Waals surface area contributed by atoms with Crippen LogP contribution >= 0.6 is 0 Å². The smallest absolute Gasteiger partial charge is 0.305 e. The first-order chi connectivity index (χ1) is 7.93. The zero-order valence-corrected chi connectivity index (χ0v) is 11.8. The van der Waals surface area contributed by atoms with Gasteiger partial charge in [-0.25, -0.2) is 13.1 Å². The summed E-state index contributed by atoms with van der Waals surface area (Å²) >= 11 is 0. The SMILES string of the molecule is CC(C)(C)C(NS(C)(=O)=O)C(=O)NCCC(=O)O. The average Bonchev–Trinajstić information content (AvgIpc) is 2.10. The van der Waals surface area contributed by atoms with E-state index in [4.69, 9.17) is 5.11 Å². The summed E-state index contributed by atoms with van der Waals surface area (Å²) in [5, 5.41) is 10.8. The quantitative estimate of drug-likeness (QED) is 0.609. The molecule has 0 aromatic carbocycles. The number of carbonyl (C=O) groups excluding carboxylic acids is 1. The Morgan fingerprint density at radius 1 is 1.28 bits per heavy atom. The van der Waals surface area contributed by atoms with Crippen molar-refractivity contribution in [3.8, 4) is 0 Å². The van der Waals surface area contributed by atoms with Gasteiger partial charge >= 0.3 is 5.97 Å². The van der Waals surface area contributed by atoms with Gasteiger partial charge in [-0.1, -0.05) is 20.8 Å². The number of aliphatic carboxylic acids is 1. The summed E-state index contributed by atoms with van der Waals surface area (Å²) in [6.45, 7) is 5.11. The van der Waals surface area contributed by atoms with Gasteiger partial charge in [-0.05, 0) is 5.41 Å². The van der Waals surface area contributed by atoms with Gasteiger partial charge in [-0.15, -0.1) is 0 Å². The second kappa shape index (κ2) is 6.14. The predicted molar refractivity (Wildman–Crippen MR) is 66.5 cm³/mol. The Balaban J connectivity index is 4.68. The van der Waals surface area contributed by atoms with Gasteiger partial charge in [-0.2, -0.15) is 0 Å². The van der Waals surface area contributed by atoms with Crippen molar-refractivity contribution in [2.75, 3.05) is 12.8 Å². The molecule has 0 heterocycles. The molecule has 0 fully saturated rings. The number of sulfonamides is 1. The Bertz CT molecular complexity index is 410. The Labute approximate surface area is 107 Å². The number of hydrogen-bond donors (Lipinski definition) is 3. The van der Waals surface area contributed by atoms with Crippen molar-refractivity contribution in [3.05, 3.63) is 0 Å². The third kappa shape index (κ3) is 7.23. The molecule has 1 unspecified atom stereocenters. The highest BCUT2D eigenvalue weighted by atomic mass is 32.2. The molecule has 0 rings (SSSR count). The highest BCUT2D eigenvalue weighted by Crippen LogP contribution is 2.19. The van der Waals surface area contributed by atoms with Crippen LogP contribution in [0.1, 0.15) is 27.2 Å². The van der Waals surface area contributed by atoms with Crippen molar-refractivity contribution in [2.24, 2.45) is 5.41 Å². The van der Waals surface area contributed by atoms with Gasteiger partial charge in [0.2, 0.25) is 15.9 Å². The summed E-state index contributed by atoms with van der Waals surface area (Å²) in [6, 6.07) is -0.943. The molecule has 106 valence electrons. The van der Waals surface area contributed by atoms with Crippen LogP contribution in [0.4, 0.5) is 0 Å². The molecular formula is C10H20N2O5S. The number of carboxylic acids is 1. The van der Waals surface area contributed by atoms with E-state index in [0.29, 0.717) is 0 Å². The van der Waals surface area contributed by atoms with E-state index in [0.717, 1.165) is 6.26 Å². The number of rotatable bonds is 6. The summed E-state index contributed by atoms with van der Waals surface area (Å²) in [5.74, 6) is -1.56. The summed E-state index contributed by atoms with van der Waals surface area (Å²) in [6.07, 6.45) is 0.762. The lowest BCUT2D eigenvalue weighted by molar-refractivity contribution is -0.137. The van der Waals surface area contributed by atoms with Gasteiger partial charge in [0.15, 0.2) is 0 Å². The minimum atomic E-state index is -3.52. The molecule has 0 radical (unpaired) electrons. The lowest BCUT2D eigenvalue weighted by Crippen LogP contribution is -2.53. The lowest BCUT2D eigenvalue weighted by atomic mass is 9.87. The van der Waals surface area contributed by atoms with Crippen LogP contribution in [0.25, 0.3) is 0 Å². The van der Waals surface area contributed by atoms with Crippen LogP contribution in [-0.4, -0.2) is 44.2 Å². The molecule has 8 heteroatoms. The third-order valence-corrected chi connectivity index (χ3v) is 2.76. The van der Waals surface area contributed by atoms with E-state index in [1.807, 2.05) is 0 Å². The lowest BCUT2D eigenvalue weighted by Gasteiger charge is -2.29. The molecule has 0 aliphatic carbocycles. The molecule has 0 bridgehead atoms. The van der Waals surface area contributed by atoms with Gasteiger partial charge in [0.25, 0.3) is 0 Å². The molecular weight excluding hydrogens is 260 g/mol. The van der Waals surface area contributed by atoms with Crippen molar-refractivity contribution in [2.45, 2.75) is 33.2 Å². The highest BCUT2D eigenvalue weighted by molar-refractivity contribution is 7.88. The Morgan fingerprint density at radius 3 is 2.11 bits per heavy atom. The van der Waals surface area contributed by atoms with Crippen LogP contribution in [0.3, 0.4) is 0 Å². The molecule has 0 saturated heterocycles. The molecule has 0 spiro atoms. The van der Waals surface area contributed by atoms with E-state index in [1.54, 1.807) is 20.8 Å². The third-order valence-electron chi connectivity index (χ3n) is 2.10. The van der Waals surface area contributed by atoms with Crippen LogP contribution in [0.2, 0.25) is 0 Å². The van der Waals surface area contributed by atoms with E-state index < -0.39 is 33.4 Å². The molecule has 7 nitrogen and oxygen atoms in total. The second-order valence-corrected chi connectivity index (χ2v) is 6.90. The van der Waals surface area contributed by atoms with Crippen molar-refractivity contribution in [1.82, 2.24) is 10.0 Å². The monoisotopic (exact) mass is 280 g/mol. The van der Waals surface area contributed by atoms with Crippen molar-refractivity contribution < 1.29 is 23.1 Å². The molecule has 18 heavy (non-hydrogen) atoms. The average molecular weight is 280 g/mol. The zero-order valence-electron chi connectivity index (χ0n) is 11.0. The fourth-order valence-corrected chi connectivity index (χ4v) is 2.12. The number of amides is 1.